The monoisotopic (exact) mass is 421 g/mol. The molecule has 0 unspecified atom stereocenters. The Morgan fingerprint density at radius 1 is 1.14 bits per heavy atom. The van der Waals surface area contributed by atoms with E-state index in [1.807, 2.05) is 13.8 Å². The molecule has 0 saturated heterocycles. The number of carbonyl (C=O) groups is 1. The number of halogens is 2. The van der Waals surface area contributed by atoms with Crippen LogP contribution in [-0.4, -0.2) is 33.0 Å². The first kappa shape index (κ1) is 20.9. The number of nitrogens with zero attached hydrogens (tertiary/aromatic N) is 3. The van der Waals surface area contributed by atoms with E-state index >= 15 is 0 Å². The second-order valence-corrected chi connectivity index (χ2v) is 7.51. The molecule has 0 atom stereocenters. The number of carbonyl (C=O) groups excluding carboxylic acids is 1. The number of amides is 1. The van der Waals surface area contributed by atoms with Gasteiger partial charge in [-0.25, -0.2) is 18.1 Å². The predicted molar refractivity (Wildman–Crippen MR) is 109 cm³/mol. The number of aromatic nitrogens is 2. The molecule has 2 heterocycles. The summed E-state index contributed by atoms with van der Waals surface area (Å²) in [5, 5.41) is 1.64. The van der Waals surface area contributed by atoms with Gasteiger partial charge in [-0.05, 0) is 36.9 Å². The van der Waals surface area contributed by atoms with E-state index in [-0.39, 0.29) is 22.8 Å². The zero-order chi connectivity index (χ0) is 21.1. The molecule has 0 N–H and O–H groups in total. The maximum absolute atomic E-state index is 13.7. The lowest BCUT2D eigenvalue weighted by atomic mass is 10.3. The normalized spacial score (nSPS) is 11.2. The van der Waals surface area contributed by atoms with Crippen LogP contribution in [0.15, 0.2) is 39.2 Å². The number of unbranched alkanes of at least 4 members (excludes halogenated alkanes) is 1. The van der Waals surface area contributed by atoms with Crippen molar-refractivity contribution in [1.29, 1.82) is 0 Å². The van der Waals surface area contributed by atoms with Crippen molar-refractivity contribution in [2.45, 2.75) is 33.2 Å². The van der Waals surface area contributed by atoms with Gasteiger partial charge < -0.3 is 4.90 Å². The smallest absolute Gasteiger partial charge is 0.336 e. The lowest BCUT2D eigenvalue weighted by molar-refractivity contribution is -0.131. The molecule has 0 radical (unpaired) electrons. The quantitative estimate of drug-likeness (QED) is 0.589. The Balaban J connectivity index is 2.15. The van der Waals surface area contributed by atoms with Gasteiger partial charge in [0.05, 0.1) is 11.2 Å². The second-order valence-electron chi connectivity index (χ2n) is 6.60. The Labute approximate surface area is 169 Å². The fourth-order valence-electron chi connectivity index (χ4n) is 3.18. The third kappa shape index (κ3) is 4.14. The Morgan fingerprint density at radius 2 is 1.83 bits per heavy atom. The van der Waals surface area contributed by atoms with Crippen LogP contribution in [0, 0.1) is 11.6 Å². The first-order valence-electron chi connectivity index (χ1n) is 9.34. The first-order chi connectivity index (χ1) is 13.9. The molecule has 0 aliphatic heterocycles. The van der Waals surface area contributed by atoms with Crippen molar-refractivity contribution in [3.63, 3.8) is 0 Å². The van der Waals surface area contributed by atoms with Crippen LogP contribution >= 0.6 is 11.3 Å². The Bertz CT molecular complexity index is 1150. The molecule has 6 nitrogen and oxygen atoms in total. The largest absolute Gasteiger partial charge is 0.341 e. The van der Waals surface area contributed by atoms with Gasteiger partial charge >= 0.3 is 5.69 Å². The Kier molecular flexibility index (Phi) is 6.26. The molecule has 0 saturated carbocycles. The SMILES string of the molecule is CCCCN(CC)C(=O)Cn1c(=O)n(-c2cc(F)cc(F)c2)c(=O)c2sccc21. The van der Waals surface area contributed by atoms with Crippen LogP contribution in [0.4, 0.5) is 8.78 Å². The predicted octanol–water partition coefficient (Wildman–Crippen LogP) is 3.14. The van der Waals surface area contributed by atoms with Gasteiger partial charge in [-0.15, -0.1) is 11.3 Å². The minimum Gasteiger partial charge on any atom is -0.341 e. The van der Waals surface area contributed by atoms with Gasteiger partial charge in [-0.2, -0.15) is 0 Å². The van der Waals surface area contributed by atoms with E-state index in [1.165, 1.54) is 4.57 Å². The molecule has 29 heavy (non-hydrogen) atoms. The van der Waals surface area contributed by atoms with E-state index in [4.69, 9.17) is 0 Å². The maximum atomic E-state index is 13.7. The summed E-state index contributed by atoms with van der Waals surface area (Å²) in [5.41, 5.74) is -1.37. The molecule has 1 aromatic carbocycles. The highest BCUT2D eigenvalue weighted by Gasteiger charge is 2.20. The molecule has 0 aliphatic carbocycles. The van der Waals surface area contributed by atoms with Crippen molar-refractivity contribution >= 4 is 27.5 Å². The van der Waals surface area contributed by atoms with E-state index in [0.29, 0.717) is 29.2 Å². The summed E-state index contributed by atoms with van der Waals surface area (Å²) in [6.45, 7) is 4.68. The highest BCUT2D eigenvalue weighted by molar-refractivity contribution is 7.17. The molecule has 0 fully saturated rings. The third-order valence-corrected chi connectivity index (χ3v) is 5.56. The first-order valence-corrected chi connectivity index (χ1v) is 10.2. The summed E-state index contributed by atoms with van der Waals surface area (Å²) >= 11 is 1.10. The summed E-state index contributed by atoms with van der Waals surface area (Å²) in [5.74, 6) is -2.07. The molecule has 1 amide bonds. The van der Waals surface area contributed by atoms with Gasteiger partial charge in [0, 0.05) is 19.2 Å². The van der Waals surface area contributed by atoms with Gasteiger partial charge in [-0.3, -0.25) is 14.2 Å². The number of hydrogen-bond donors (Lipinski definition) is 0. The summed E-state index contributed by atoms with van der Waals surface area (Å²) < 4.78 is 29.5. The average molecular weight is 421 g/mol. The van der Waals surface area contributed by atoms with Crippen molar-refractivity contribution in [2.75, 3.05) is 13.1 Å². The van der Waals surface area contributed by atoms with E-state index < -0.39 is 22.9 Å². The summed E-state index contributed by atoms with van der Waals surface area (Å²) in [4.78, 5) is 40.3. The van der Waals surface area contributed by atoms with Crippen LogP contribution in [0.3, 0.4) is 0 Å². The van der Waals surface area contributed by atoms with Crippen LogP contribution in [-0.2, 0) is 11.3 Å². The number of likely N-dealkylation sites (N-methyl/N-ethyl adjacent to an activating group) is 1. The van der Waals surface area contributed by atoms with Crippen LogP contribution in [0.5, 0.6) is 0 Å². The van der Waals surface area contributed by atoms with Crippen molar-refractivity contribution < 1.29 is 13.6 Å². The standard InChI is InChI=1S/C20H21F2N3O3S/c1-3-5-7-23(4-2)17(26)12-24-16-6-8-29-18(16)19(27)25(20(24)28)15-10-13(21)9-14(22)11-15/h6,8-11H,3-5,7,12H2,1-2H3. The fraction of sp³-hybridized carbons (Fsp3) is 0.350. The summed E-state index contributed by atoms with van der Waals surface area (Å²) in [7, 11) is 0. The van der Waals surface area contributed by atoms with Gasteiger partial charge in [0.15, 0.2) is 0 Å². The Morgan fingerprint density at radius 3 is 2.45 bits per heavy atom. The van der Waals surface area contributed by atoms with Gasteiger partial charge in [0.2, 0.25) is 5.91 Å². The molecule has 0 spiro atoms. The number of thiophene rings is 1. The van der Waals surface area contributed by atoms with E-state index in [0.717, 1.165) is 36.3 Å². The second kappa shape index (κ2) is 8.69. The van der Waals surface area contributed by atoms with Crippen LogP contribution in [0.2, 0.25) is 0 Å². The molecule has 154 valence electrons. The third-order valence-electron chi connectivity index (χ3n) is 4.67. The molecule has 0 bridgehead atoms. The topological polar surface area (TPSA) is 64.3 Å². The molecule has 0 aliphatic rings. The highest BCUT2D eigenvalue weighted by atomic mass is 32.1. The van der Waals surface area contributed by atoms with Crippen LogP contribution in [0.1, 0.15) is 26.7 Å². The van der Waals surface area contributed by atoms with Gasteiger partial charge in [-0.1, -0.05) is 13.3 Å². The van der Waals surface area contributed by atoms with Crippen molar-refractivity contribution in [3.8, 4) is 5.69 Å². The minimum absolute atomic E-state index is 0.215. The summed E-state index contributed by atoms with van der Waals surface area (Å²) in [6.07, 6.45) is 1.76. The van der Waals surface area contributed by atoms with E-state index in [2.05, 4.69) is 0 Å². The molecule has 9 heteroatoms. The lowest BCUT2D eigenvalue weighted by Gasteiger charge is -2.21. The number of hydrogen-bond acceptors (Lipinski definition) is 4. The van der Waals surface area contributed by atoms with Crippen molar-refractivity contribution in [1.82, 2.24) is 14.0 Å². The zero-order valence-corrected chi connectivity index (χ0v) is 17.0. The van der Waals surface area contributed by atoms with E-state index in [9.17, 15) is 23.2 Å². The highest BCUT2D eigenvalue weighted by Crippen LogP contribution is 2.17. The molecule has 3 aromatic rings. The number of fused-ring (bicyclic) bond motifs is 1. The molecule has 3 rings (SSSR count). The van der Waals surface area contributed by atoms with Crippen LogP contribution in [0.25, 0.3) is 15.9 Å². The zero-order valence-electron chi connectivity index (χ0n) is 16.2. The van der Waals surface area contributed by atoms with Gasteiger partial charge in [0.25, 0.3) is 5.56 Å². The van der Waals surface area contributed by atoms with Gasteiger partial charge in [0.1, 0.15) is 22.9 Å². The number of benzene rings is 1. The van der Waals surface area contributed by atoms with Crippen LogP contribution < -0.4 is 11.2 Å². The lowest BCUT2D eigenvalue weighted by Crippen LogP contribution is -2.42. The molecular weight excluding hydrogens is 400 g/mol. The minimum atomic E-state index is -0.906. The fourth-order valence-corrected chi connectivity index (χ4v) is 4.00. The summed E-state index contributed by atoms with van der Waals surface area (Å²) in [6, 6.07) is 4.08. The number of rotatable bonds is 7. The van der Waals surface area contributed by atoms with Crippen molar-refractivity contribution in [3.05, 3.63) is 62.1 Å². The molecular formula is C20H21F2N3O3S. The Hall–Kier alpha value is -2.81. The van der Waals surface area contributed by atoms with E-state index in [1.54, 1.807) is 16.3 Å². The average Bonchev–Trinajstić information content (AvgIpc) is 3.15. The molecule has 2 aromatic heterocycles. The maximum Gasteiger partial charge on any atom is 0.336 e. The van der Waals surface area contributed by atoms with Crippen molar-refractivity contribution in [2.24, 2.45) is 0 Å².